The first-order valence-electron chi connectivity index (χ1n) is 13.3. The van der Waals surface area contributed by atoms with Gasteiger partial charge in [0.05, 0.1) is 2.74 Å². The fraction of sp³-hybridized carbons (Fsp3) is 0.360. The molecule has 2 atom stereocenters. The van der Waals surface area contributed by atoms with Crippen molar-refractivity contribution in [2.24, 2.45) is 0 Å². The van der Waals surface area contributed by atoms with E-state index in [1.165, 1.54) is 0 Å². The molecule has 2 N–H and O–H groups in total. The van der Waals surface area contributed by atoms with Gasteiger partial charge in [-0.25, -0.2) is 9.59 Å². The van der Waals surface area contributed by atoms with Crippen molar-refractivity contribution in [2.45, 2.75) is 37.8 Å². The first kappa shape index (κ1) is 16.9. The van der Waals surface area contributed by atoms with Crippen molar-refractivity contribution in [1.29, 1.82) is 0 Å². The van der Waals surface area contributed by atoms with E-state index in [-0.39, 0.29) is 13.0 Å². The zero-order chi connectivity index (χ0) is 29.6. The van der Waals surface area contributed by atoms with Crippen LogP contribution in [0, 0.1) is 0 Å². The zero-order valence-corrected chi connectivity index (χ0v) is 18.2. The van der Waals surface area contributed by atoms with Crippen molar-refractivity contribution in [2.75, 3.05) is 20.1 Å². The maximum absolute atomic E-state index is 9.55. The Balaban J connectivity index is 0.000000580. The molecule has 0 radical (unpaired) electrons. The summed E-state index contributed by atoms with van der Waals surface area (Å²) in [5.74, 6) is -2.51. The summed E-state index contributed by atoms with van der Waals surface area (Å²) in [7, 11) is 0. The fourth-order valence-corrected chi connectivity index (χ4v) is 3.19. The number of rotatable bonds is 8. The van der Waals surface area contributed by atoms with E-state index in [0.717, 1.165) is 4.90 Å². The molecule has 3 rings (SSSR count). The van der Waals surface area contributed by atoms with Crippen LogP contribution in [0.1, 0.15) is 46.9 Å². The normalized spacial score (nSPS) is 22.6. The summed E-state index contributed by atoms with van der Waals surface area (Å²) >= 11 is 6.02. The van der Waals surface area contributed by atoms with E-state index in [1.54, 1.807) is 55.5 Å². The first-order chi connectivity index (χ1) is 17.9. The van der Waals surface area contributed by atoms with Gasteiger partial charge >= 0.3 is 11.9 Å². The van der Waals surface area contributed by atoms with Crippen LogP contribution in [-0.4, -0.2) is 53.2 Å². The van der Waals surface area contributed by atoms with Crippen LogP contribution in [0.3, 0.4) is 0 Å². The van der Waals surface area contributed by atoms with Crippen LogP contribution >= 0.6 is 11.6 Å². The quantitative estimate of drug-likeness (QED) is 0.542. The van der Waals surface area contributed by atoms with E-state index in [2.05, 4.69) is 0 Å². The Morgan fingerprint density at radius 3 is 2.31 bits per heavy atom. The van der Waals surface area contributed by atoms with Crippen molar-refractivity contribution in [3.05, 3.63) is 82.9 Å². The maximum Gasteiger partial charge on any atom is 0.328 e. The lowest BCUT2D eigenvalue weighted by atomic mass is 9.88. The molecule has 172 valence electrons. The standard InChI is InChI=1S/C21H26ClNO.C4H4O4/c1-21(17-7-4-3-5-8-17,18-10-12-19(22)13-11-18)24-16-14-20-9-6-15-23(20)2;5-3(6)1-2-4(7)8/h3-5,7-8,10-13,20H,6,9,14-16H2,1-2H3;1-2H,(H,5,6)(H,7,8)/b;2-1+/t20-,21-;/m1./s1/i2D3,14D2,16D2;. The van der Waals surface area contributed by atoms with E-state index in [0.29, 0.717) is 34.7 Å². The molecule has 1 heterocycles. The second kappa shape index (κ2) is 12.4. The number of carboxylic acids is 2. The van der Waals surface area contributed by atoms with Crippen LogP contribution in [0.15, 0.2) is 66.7 Å². The summed E-state index contributed by atoms with van der Waals surface area (Å²) in [4.78, 5) is 20.2. The van der Waals surface area contributed by atoms with Gasteiger partial charge in [0.15, 0.2) is 0 Å². The van der Waals surface area contributed by atoms with Gasteiger partial charge in [-0.05, 0) is 62.9 Å². The number of carboxylic acid groups (broad SMARTS) is 2. The van der Waals surface area contributed by atoms with Gasteiger partial charge in [0, 0.05) is 36.6 Å². The molecule has 0 aromatic heterocycles. The van der Waals surface area contributed by atoms with Gasteiger partial charge in [0.25, 0.3) is 0 Å². The third kappa shape index (κ3) is 7.79. The van der Waals surface area contributed by atoms with Crippen LogP contribution in [0.2, 0.25) is 5.02 Å². The smallest absolute Gasteiger partial charge is 0.328 e. The number of benzene rings is 2. The second-order valence-corrected chi connectivity index (χ2v) is 7.55. The highest BCUT2D eigenvalue weighted by Gasteiger charge is 2.30. The van der Waals surface area contributed by atoms with Crippen LogP contribution in [0.4, 0.5) is 0 Å². The predicted molar refractivity (Wildman–Crippen MR) is 125 cm³/mol. The van der Waals surface area contributed by atoms with Gasteiger partial charge in [-0.3, -0.25) is 0 Å². The maximum atomic E-state index is 9.55. The monoisotopic (exact) mass is 466 g/mol. The Bertz CT molecular complexity index is 1140. The van der Waals surface area contributed by atoms with Crippen LogP contribution < -0.4 is 0 Å². The Labute approximate surface area is 203 Å². The first-order valence-corrected chi connectivity index (χ1v) is 10.2. The van der Waals surface area contributed by atoms with E-state index in [9.17, 15) is 9.59 Å². The molecule has 0 amide bonds. The van der Waals surface area contributed by atoms with Crippen molar-refractivity contribution in [3.8, 4) is 0 Å². The van der Waals surface area contributed by atoms with E-state index >= 15 is 0 Å². The van der Waals surface area contributed by atoms with Crippen molar-refractivity contribution < 1.29 is 34.1 Å². The third-order valence-electron chi connectivity index (χ3n) is 4.82. The summed E-state index contributed by atoms with van der Waals surface area (Å²) in [5.41, 5.74) is -0.107. The number of aliphatic carboxylic acids is 2. The van der Waals surface area contributed by atoms with Crippen LogP contribution in [0.5, 0.6) is 0 Å². The number of halogens is 1. The van der Waals surface area contributed by atoms with Crippen molar-refractivity contribution in [1.82, 2.24) is 4.90 Å². The van der Waals surface area contributed by atoms with Gasteiger partial charge in [-0.15, -0.1) is 0 Å². The average Bonchev–Trinajstić information content (AvgIpc) is 3.35. The number of carbonyl (C=O) groups is 2. The molecule has 6 nitrogen and oxygen atoms in total. The highest BCUT2D eigenvalue weighted by Crippen LogP contribution is 2.34. The number of ether oxygens (including phenoxy) is 1. The molecule has 7 heteroatoms. The SMILES string of the molecule is O=C(O)/C=C/C(=O)O.[2H]C([2H])([2H])N1CCC[C@@H]1C([2H])([2H])C([2H])([2H])O[C@](C)(c1ccccc1)c1ccc(Cl)cc1. The molecule has 0 unspecified atom stereocenters. The summed E-state index contributed by atoms with van der Waals surface area (Å²) in [6.45, 7) is -3.45. The van der Waals surface area contributed by atoms with Gasteiger partial charge in [-0.2, -0.15) is 0 Å². The highest BCUT2D eigenvalue weighted by molar-refractivity contribution is 6.30. The highest BCUT2D eigenvalue weighted by atomic mass is 35.5. The minimum atomic E-state index is -2.80. The molecular weight excluding hydrogens is 430 g/mol. The van der Waals surface area contributed by atoms with E-state index in [4.69, 9.17) is 36.1 Å². The van der Waals surface area contributed by atoms with Gasteiger partial charge in [-0.1, -0.05) is 54.1 Å². The number of likely N-dealkylation sites (tertiary alicyclic amines) is 1. The van der Waals surface area contributed by atoms with Crippen molar-refractivity contribution >= 4 is 23.5 Å². The molecule has 1 aliphatic heterocycles. The van der Waals surface area contributed by atoms with Gasteiger partial charge < -0.3 is 19.8 Å². The summed E-state index contributed by atoms with van der Waals surface area (Å²) in [6, 6.07) is 14.6. The molecule has 0 saturated carbocycles. The Kier molecular flexibility index (Phi) is 6.54. The number of hydrogen-bond donors (Lipinski definition) is 2. The second-order valence-electron chi connectivity index (χ2n) is 7.12. The molecule has 32 heavy (non-hydrogen) atoms. The van der Waals surface area contributed by atoms with Crippen LogP contribution in [0.25, 0.3) is 0 Å². The largest absolute Gasteiger partial charge is 0.478 e. The zero-order valence-electron chi connectivity index (χ0n) is 24.5. The summed E-state index contributed by atoms with van der Waals surface area (Å²) < 4.78 is 63.7. The topological polar surface area (TPSA) is 87.1 Å². The van der Waals surface area contributed by atoms with E-state index in [1.807, 2.05) is 6.07 Å². The molecule has 0 bridgehead atoms. The summed E-state index contributed by atoms with van der Waals surface area (Å²) in [5, 5.41) is 16.1. The molecule has 1 aliphatic rings. The molecule has 1 fully saturated rings. The molecule has 2 aromatic carbocycles. The minimum absolute atomic E-state index is 0.184. The number of hydrogen-bond acceptors (Lipinski definition) is 4. The van der Waals surface area contributed by atoms with E-state index < -0.39 is 43.5 Å². The molecule has 0 aliphatic carbocycles. The minimum Gasteiger partial charge on any atom is -0.478 e. The molecule has 2 aromatic rings. The Morgan fingerprint density at radius 2 is 1.75 bits per heavy atom. The average molecular weight is 467 g/mol. The van der Waals surface area contributed by atoms with Gasteiger partial charge in [0.2, 0.25) is 0 Å². The fourth-order valence-electron chi connectivity index (χ4n) is 3.07. The molecule has 1 saturated heterocycles. The Morgan fingerprint density at radius 1 is 1.16 bits per heavy atom. The van der Waals surface area contributed by atoms with Gasteiger partial charge in [0.1, 0.15) is 5.60 Å². The molecule has 0 spiro atoms. The van der Waals surface area contributed by atoms with Crippen molar-refractivity contribution in [3.63, 3.8) is 0 Å². The summed E-state index contributed by atoms with van der Waals surface area (Å²) in [6.07, 6.45) is -0.756. The third-order valence-corrected chi connectivity index (χ3v) is 5.07. The van der Waals surface area contributed by atoms with Crippen LogP contribution in [-0.2, 0) is 19.9 Å². The predicted octanol–water partition coefficient (Wildman–Crippen LogP) is 4.82. The lowest BCUT2D eigenvalue weighted by Gasteiger charge is -2.32. The lowest BCUT2D eigenvalue weighted by Crippen LogP contribution is -2.31. The Hall–Kier alpha value is -2.67. The lowest BCUT2D eigenvalue weighted by molar-refractivity contribution is -0.134. The number of nitrogens with zero attached hydrogens (tertiary/aromatic N) is 1. The molecular formula is C25H30ClNO5.